The minimum atomic E-state index is 0. The van der Waals surface area contributed by atoms with Crippen molar-refractivity contribution in [1.29, 1.82) is 0 Å². The fourth-order valence-corrected chi connectivity index (χ4v) is 0. The van der Waals surface area contributed by atoms with Crippen molar-refractivity contribution < 1.29 is 44.1 Å². The first-order valence-corrected chi connectivity index (χ1v) is 0. The first-order valence-electron chi connectivity index (χ1n) is 0. The van der Waals surface area contributed by atoms with Gasteiger partial charge in [0.15, 0.2) is 17.4 Å². The Morgan fingerprint density at radius 2 is 1.00 bits per heavy atom. The monoisotopic (exact) mass is 291 g/mol. The van der Waals surface area contributed by atoms with Gasteiger partial charge in [0.2, 0.25) is 0 Å². The topological polar surface area (TPSA) is 0 Å². The van der Waals surface area contributed by atoms with Crippen molar-refractivity contribution >= 4 is 28.3 Å². The molecule has 0 fully saturated rings. The van der Waals surface area contributed by atoms with Crippen molar-refractivity contribution in [2.24, 2.45) is 0 Å². The smallest absolute Gasteiger partial charge is 0.0149 e. The van der Waals surface area contributed by atoms with Gasteiger partial charge in [-0.25, -0.2) is 0 Å². The first-order chi connectivity index (χ1) is 0. The van der Waals surface area contributed by atoms with Crippen molar-refractivity contribution in [1.82, 2.24) is 0 Å². The summed E-state index contributed by atoms with van der Waals surface area (Å²) in [7, 11) is 0. The van der Waals surface area contributed by atoms with E-state index in [4.69, 9.17) is 0 Å². The van der Waals surface area contributed by atoms with Gasteiger partial charge in [0, 0.05) is 44.1 Å². The van der Waals surface area contributed by atoms with Gasteiger partial charge in [-0.05, 0) is 11.0 Å². The maximum atomic E-state index is 0. The van der Waals surface area contributed by atoms with Crippen LogP contribution in [0.3, 0.4) is 0 Å². The van der Waals surface area contributed by atoms with E-state index < -0.39 is 0 Å². The van der Waals surface area contributed by atoms with Crippen LogP contribution in [-0.4, -0.2) is 28.3 Å². The van der Waals surface area contributed by atoms with E-state index in [1.807, 2.05) is 0 Å². The molecular weight excluding hydrogens is 284 g/mol. The fourth-order valence-electron chi connectivity index (χ4n) is 0. The molecule has 0 rings (SSSR count). The molecule has 0 saturated heterocycles. The summed E-state index contributed by atoms with van der Waals surface area (Å²) in [5.74, 6) is 0. The minimum absolute atomic E-state index is 0. The van der Waals surface area contributed by atoms with Crippen molar-refractivity contribution in [3.8, 4) is 0 Å². The van der Waals surface area contributed by atoms with Crippen LogP contribution in [0.15, 0.2) is 0 Å². The molecule has 4 heteroatoms. The van der Waals surface area contributed by atoms with Crippen LogP contribution in [0.5, 0.6) is 0 Å². The van der Waals surface area contributed by atoms with E-state index in [1.54, 1.807) is 0 Å². The van der Waals surface area contributed by atoms with Gasteiger partial charge in [0.1, 0.15) is 0 Å². The third-order valence-corrected chi connectivity index (χ3v) is 0. The van der Waals surface area contributed by atoms with Crippen LogP contribution in [0.4, 0.5) is 0 Å². The van der Waals surface area contributed by atoms with Gasteiger partial charge in [0.25, 0.3) is 0 Å². The van der Waals surface area contributed by atoms with Gasteiger partial charge in [-0.15, -0.1) is 0 Å². The van der Waals surface area contributed by atoms with Gasteiger partial charge < -0.3 is 0 Å². The van der Waals surface area contributed by atoms with Crippen LogP contribution in [0.1, 0.15) is 0 Å². The Morgan fingerprint density at radius 1 is 1.00 bits per heavy atom. The quantitative estimate of drug-likeness (QED) is 0.428. The van der Waals surface area contributed by atoms with Crippen molar-refractivity contribution in [3.05, 3.63) is 0 Å². The maximum Gasteiger partial charge on any atom is 0.187 e. The molecule has 0 aliphatic rings. The molecule has 0 aromatic carbocycles. The van der Waals surface area contributed by atoms with E-state index in [1.165, 1.54) is 0 Å². The molecule has 0 N–H and O–H groups in total. The molecular formula is H7AlSiTaTi. The molecule has 4 heavy (non-hydrogen) atoms. The Morgan fingerprint density at radius 3 is 1.00 bits per heavy atom. The first kappa shape index (κ1) is 34.6. The molecule has 0 unspecified atom stereocenters. The molecule has 0 saturated carbocycles. The number of hydrogen-bond acceptors (Lipinski definition) is 0. The van der Waals surface area contributed by atoms with Crippen LogP contribution in [0.2, 0.25) is 0 Å². The average Bonchev–Trinajstić information content (AvgIpc) is 0. The van der Waals surface area contributed by atoms with Crippen molar-refractivity contribution in [2.75, 3.05) is 0 Å². The molecule has 1 radical (unpaired) electrons. The Balaban J connectivity index is 0. The molecule has 0 bridgehead atoms. The summed E-state index contributed by atoms with van der Waals surface area (Å²) in [6.07, 6.45) is 0. The molecule has 0 aliphatic heterocycles. The summed E-state index contributed by atoms with van der Waals surface area (Å²) in [5, 5.41) is 0. The van der Waals surface area contributed by atoms with E-state index in [-0.39, 0.29) is 72.4 Å². The molecule has 0 amide bonds. The van der Waals surface area contributed by atoms with E-state index in [0.29, 0.717) is 0 Å². The molecule has 0 aliphatic carbocycles. The molecule has 0 aromatic rings. The number of rotatable bonds is 0. The van der Waals surface area contributed by atoms with Gasteiger partial charge in [0.05, 0.1) is 0 Å². The largest absolute Gasteiger partial charge is 0.187 e. The predicted molar refractivity (Wildman–Crippen MR) is 21.3 cm³/mol. The Hall–Kier alpha value is 2.20. The molecule has 0 spiro atoms. The van der Waals surface area contributed by atoms with E-state index >= 15 is 0 Å². The molecule has 0 heterocycles. The van der Waals surface area contributed by atoms with Crippen LogP contribution in [0.25, 0.3) is 0 Å². The Bertz CT molecular complexity index is 8.00. The van der Waals surface area contributed by atoms with Gasteiger partial charge in [-0.1, -0.05) is 0 Å². The second kappa shape index (κ2) is 18.9. The Labute approximate surface area is 71.7 Å². The van der Waals surface area contributed by atoms with E-state index in [0.717, 1.165) is 0 Å². The molecule has 0 atom stereocenters. The summed E-state index contributed by atoms with van der Waals surface area (Å²) >= 11 is 0. The standard InChI is InChI=1S/Al.H4Si.Ta.Ti.3H/h;1H4;;;;;. The zero-order valence-electron chi connectivity index (χ0n) is 0.947. The van der Waals surface area contributed by atoms with Crippen molar-refractivity contribution in [2.45, 2.75) is 0 Å². The number of hydrogen-bond donors (Lipinski definition) is 0. The summed E-state index contributed by atoms with van der Waals surface area (Å²) in [4.78, 5) is 0. The van der Waals surface area contributed by atoms with Crippen LogP contribution in [-0.2, 0) is 44.1 Å². The molecule has 23 valence electrons. The second-order valence-electron chi connectivity index (χ2n) is 0. The van der Waals surface area contributed by atoms with Gasteiger partial charge >= 0.3 is 0 Å². The van der Waals surface area contributed by atoms with Crippen LogP contribution in [0, 0.1) is 0 Å². The second-order valence-corrected chi connectivity index (χ2v) is 0. The van der Waals surface area contributed by atoms with Crippen molar-refractivity contribution in [3.63, 3.8) is 0 Å². The molecule has 0 nitrogen and oxygen atoms in total. The third-order valence-electron chi connectivity index (χ3n) is 0. The zero-order valence-corrected chi connectivity index (χ0v) is 5.72. The fraction of sp³-hybridized carbons (Fsp3) is 0. The van der Waals surface area contributed by atoms with E-state index in [2.05, 4.69) is 0 Å². The maximum absolute atomic E-state index is 0. The summed E-state index contributed by atoms with van der Waals surface area (Å²) in [6.45, 7) is 0. The molecule has 0 aromatic heterocycles. The zero-order chi connectivity index (χ0) is 0. The van der Waals surface area contributed by atoms with Crippen LogP contribution >= 0.6 is 0 Å². The van der Waals surface area contributed by atoms with Gasteiger partial charge in [-0.3, -0.25) is 0 Å². The predicted octanol–water partition coefficient (Wildman–Crippen LogP) is -2.64. The Kier molecular flexibility index (Phi) is 164. The summed E-state index contributed by atoms with van der Waals surface area (Å²) in [5.41, 5.74) is 0. The SMILES string of the molecule is [AlH3].[SiH4].[Ta].[Ti]. The average molecular weight is 291 g/mol. The minimum Gasteiger partial charge on any atom is -0.0149 e. The summed E-state index contributed by atoms with van der Waals surface area (Å²) < 4.78 is 0. The van der Waals surface area contributed by atoms with E-state index in [9.17, 15) is 0 Å². The van der Waals surface area contributed by atoms with Gasteiger partial charge in [-0.2, -0.15) is 0 Å². The van der Waals surface area contributed by atoms with Crippen LogP contribution < -0.4 is 0 Å². The third kappa shape index (κ3) is 8.88. The normalized spacial score (nSPS) is 0. The summed E-state index contributed by atoms with van der Waals surface area (Å²) in [6, 6.07) is 0.